The minimum Gasteiger partial charge on any atom is -0.352 e. The molecule has 7 heteroatoms. The fourth-order valence-corrected chi connectivity index (χ4v) is 5.53. The molecule has 1 aromatic rings. The zero-order valence-corrected chi connectivity index (χ0v) is 14.9. The standard InChI is InChI=1S/C14H21ClN2O2S2/c1-10(16-2)11-4-5-13(12(15)8-11)17-6-7-20-9-14(17)21(3,18)19/h4-5,8,10,14,16H,6-7,9H2,1-3H3. The molecule has 0 bridgehead atoms. The summed E-state index contributed by atoms with van der Waals surface area (Å²) in [5.41, 5.74) is 1.90. The van der Waals surface area contributed by atoms with Crippen LogP contribution in [0.4, 0.5) is 5.69 Å². The SMILES string of the molecule is CNC(C)c1ccc(N2CCSCC2S(C)(=O)=O)c(Cl)c1. The topological polar surface area (TPSA) is 49.4 Å². The average Bonchev–Trinajstić information content (AvgIpc) is 2.45. The van der Waals surface area contributed by atoms with Crippen molar-refractivity contribution in [1.82, 2.24) is 5.32 Å². The summed E-state index contributed by atoms with van der Waals surface area (Å²) < 4.78 is 24.0. The highest BCUT2D eigenvalue weighted by Gasteiger charge is 2.32. The second kappa shape index (κ2) is 6.77. The van der Waals surface area contributed by atoms with Crippen molar-refractivity contribution >= 4 is 38.9 Å². The highest BCUT2D eigenvalue weighted by molar-refractivity contribution is 8.01. The first kappa shape index (κ1) is 16.9. The molecule has 2 rings (SSSR count). The van der Waals surface area contributed by atoms with Gasteiger partial charge in [0.1, 0.15) is 5.37 Å². The van der Waals surface area contributed by atoms with Crippen LogP contribution in [0.5, 0.6) is 0 Å². The van der Waals surface area contributed by atoms with E-state index in [1.165, 1.54) is 6.26 Å². The quantitative estimate of drug-likeness (QED) is 0.906. The molecule has 1 aliphatic heterocycles. The summed E-state index contributed by atoms with van der Waals surface area (Å²) >= 11 is 8.08. The number of nitrogens with zero attached hydrogens (tertiary/aromatic N) is 1. The molecule has 1 heterocycles. The van der Waals surface area contributed by atoms with Crippen molar-refractivity contribution < 1.29 is 8.42 Å². The largest absolute Gasteiger partial charge is 0.352 e. The van der Waals surface area contributed by atoms with Crippen LogP contribution < -0.4 is 10.2 Å². The molecule has 21 heavy (non-hydrogen) atoms. The van der Waals surface area contributed by atoms with Gasteiger partial charge in [-0.15, -0.1) is 0 Å². The summed E-state index contributed by atoms with van der Waals surface area (Å²) in [5, 5.41) is 3.28. The Bertz CT molecular complexity index is 607. The summed E-state index contributed by atoms with van der Waals surface area (Å²) in [7, 11) is -1.24. The molecule has 1 N–H and O–H groups in total. The van der Waals surface area contributed by atoms with E-state index in [9.17, 15) is 8.42 Å². The molecule has 0 saturated carbocycles. The Balaban J connectivity index is 2.35. The van der Waals surface area contributed by atoms with Gasteiger partial charge in [0.25, 0.3) is 0 Å². The molecule has 0 aliphatic carbocycles. The zero-order valence-electron chi connectivity index (χ0n) is 12.5. The second-order valence-corrected chi connectivity index (χ2v) is 9.03. The Morgan fingerprint density at radius 1 is 1.48 bits per heavy atom. The van der Waals surface area contributed by atoms with E-state index >= 15 is 0 Å². The van der Waals surface area contributed by atoms with Gasteiger partial charge in [-0.1, -0.05) is 17.7 Å². The molecule has 2 atom stereocenters. The van der Waals surface area contributed by atoms with E-state index in [0.717, 1.165) is 17.0 Å². The van der Waals surface area contributed by atoms with E-state index in [2.05, 4.69) is 12.2 Å². The number of rotatable bonds is 4. The molecule has 1 aliphatic rings. The van der Waals surface area contributed by atoms with Gasteiger partial charge in [0, 0.05) is 30.3 Å². The van der Waals surface area contributed by atoms with Crippen molar-refractivity contribution in [2.24, 2.45) is 0 Å². The van der Waals surface area contributed by atoms with Gasteiger partial charge in [0.05, 0.1) is 10.7 Å². The smallest absolute Gasteiger partial charge is 0.169 e. The van der Waals surface area contributed by atoms with Crippen LogP contribution >= 0.6 is 23.4 Å². The van der Waals surface area contributed by atoms with Crippen LogP contribution in [0.2, 0.25) is 5.02 Å². The Kier molecular flexibility index (Phi) is 5.46. The van der Waals surface area contributed by atoms with Gasteiger partial charge in [0.15, 0.2) is 9.84 Å². The first-order valence-electron chi connectivity index (χ1n) is 6.84. The lowest BCUT2D eigenvalue weighted by Gasteiger charge is -2.36. The molecule has 4 nitrogen and oxygen atoms in total. The van der Waals surface area contributed by atoms with E-state index in [1.807, 2.05) is 30.1 Å². The monoisotopic (exact) mass is 348 g/mol. The summed E-state index contributed by atoms with van der Waals surface area (Å²) in [6, 6.07) is 6.06. The summed E-state index contributed by atoms with van der Waals surface area (Å²) in [6.45, 7) is 2.76. The lowest BCUT2D eigenvalue weighted by atomic mass is 10.1. The number of benzene rings is 1. The van der Waals surface area contributed by atoms with Gasteiger partial charge in [0.2, 0.25) is 0 Å². The van der Waals surface area contributed by atoms with Crippen LogP contribution in [0.1, 0.15) is 18.5 Å². The summed E-state index contributed by atoms with van der Waals surface area (Å²) in [4.78, 5) is 1.92. The van der Waals surface area contributed by atoms with Crippen LogP contribution in [0.15, 0.2) is 18.2 Å². The van der Waals surface area contributed by atoms with Crippen LogP contribution in [0, 0.1) is 0 Å². The first-order valence-corrected chi connectivity index (χ1v) is 10.3. The normalized spacial score (nSPS) is 21.3. The van der Waals surface area contributed by atoms with E-state index < -0.39 is 15.2 Å². The number of hydrogen-bond donors (Lipinski definition) is 1. The van der Waals surface area contributed by atoms with E-state index in [4.69, 9.17) is 11.6 Å². The van der Waals surface area contributed by atoms with Crippen molar-refractivity contribution in [2.45, 2.75) is 18.3 Å². The molecule has 2 unspecified atom stereocenters. The fraction of sp³-hybridized carbons (Fsp3) is 0.571. The fourth-order valence-electron chi connectivity index (χ4n) is 2.40. The van der Waals surface area contributed by atoms with Crippen molar-refractivity contribution in [3.63, 3.8) is 0 Å². The lowest BCUT2D eigenvalue weighted by molar-refractivity contribution is 0.584. The Labute approximate surface area is 136 Å². The minimum absolute atomic E-state index is 0.208. The third kappa shape index (κ3) is 3.86. The van der Waals surface area contributed by atoms with Gasteiger partial charge >= 0.3 is 0 Å². The molecular formula is C14H21ClN2O2S2. The Morgan fingerprint density at radius 3 is 2.76 bits per heavy atom. The van der Waals surface area contributed by atoms with Gasteiger partial charge in [-0.05, 0) is 31.7 Å². The number of nitrogens with one attached hydrogen (secondary N) is 1. The summed E-state index contributed by atoms with van der Waals surface area (Å²) in [5.74, 6) is 1.50. The van der Waals surface area contributed by atoms with Crippen molar-refractivity contribution in [2.75, 3.05) is 36.3 Å². The molecule has 1 fully saturated rings. The van der Waals surface area contributed by atoms with Crippen LogP contribution in [-0.2, 0) is 9.84 Å². The molecule has 0 aromatic heterocycles. The molecule has 1 aromatic carbocycles. The number of anilines is 1. The molecule has 1 saturated heterocycles. The van der Waals surface area contributed by atoms with E-state index in [1.54, 1.807) is 11.8 Å². The first-order chi connectivity index (χ1) is 9.84. The Hall–Kier alpha value is -0.430. The number of hydrogen-bond acceptors (Lipinski definition) is 5. The second-order valence-electron chi connectivity index (χ2n) is 5.27. The molecule has 0 spiro atoms. The third-order valence-corrected chi connectivity index (χ3v) is 6.74. The van der Waals surface area contributed by atoms with Gasteiger partial charge in [-0.3, -0.25) is 0 Å². The maximum Gasteiger partial charge on any atom is 0.169 e. The lowest BCUT2D eigenvalue weighted by Crippen LogP contribution is -2.47. The van der Waals surface area contributed by atoms with Crippen molar-refractivity contribution in [1.29, 1.82) is 0 Å². The predicted molar refractivity (Wildman–Crippen MR) is 92.2 cm³/mol. The summed E-state index contributed by atoms with van der Waals surface area (Å²) in [6.07, 6.45) is 1.29. The molecule has 118 valence electrons. The van der Waals surface area contributed by atoms with E-state index in [-0.39, 0.29) is 6.04 Å². The zero-order chi connectivity index (χ0) is 15.6. The van der Waals surface area contributed by atoms with Crippen LogP contribution in [0.25, 0.3) is 0 Å². The highest BCUT2D eigenvalue weighted by Crippen LogP contribution is 2.33. The maximum atomic E-state index is 12.0. The van der Waals surface area contributed by atoms with E-state index in [0.29, 0.717) is 17.3 Å². The predicted octanol–water partition coefficient (Wildman–Crippen LogP) is 2.54. The molecule has 0 amide bonds. The van der Waals surface area contributed by atoms with Gasteiger partial charge < -0.3 is 10.2 Å². The molecule has 0 radical (unpaired) electrons. The number of halogens is 1. The Morgan fingerprint density at radius 2 is 2.19 bits per heavy atom. The maximum absolute atomic E-state index is 12.0. The average molecular weight is 349 g/mol. The van der Waals surface area contributed by atoms with Gasteiger partial charge in [-0.2, -0.15) is 11.8 Å². The third-order valence-electron chi connectivity index (χ3n) is 3.79. The number of thioether (sulfide) groups is 1. The van der Waals surface area contributed by atoms with Crippen molar-refractivity contribution in [3.05, 3.63) is 28.8 Å². The van der Waals surface area contributed by atoms with Crippen LogP contribution in [-0.4, -0.2) is 45.1 Å². The van der Waals surface area contributed by atoms with Crippen LogP contribution in [0.3, 0.4) is 0 Å². The minimum atomic E-state index is -3.14. The highest BCUT2D eigenvalue weighted by atomic mass is 35.5. The number of sulfone groups is 1. The molecular weight excluding hydrogens is 328 g/mol. The van der Waals surface area contributed by atoms with Gasteiger partial charge in [-0.25, -0.2) is 8.42 Å². The van der Waals surface area contributed by atoms with Crippen molar-refractivity contribution in [3.8, 4) is 0 Å².